The molecule has 3 heterocycles. The maximum Gasteiger partial charge on any atom is 0.419 e. The van der Waals surface area contributed by atoms with E-state index in [-0.39, 0.29) is 17.9 Å². The molecule has 3 rings (SSSR count). The van der Waals surface area contributed by atoms with Crippen LogP contribution in [-0.4, -0.2) is 41.3 Å². The first-order chi connectivity index (χ1) is 12.4. The number of anilines is 1. The molecule has 10 heteroatoms. The van der Waals surface area contributed by atoms with E-state index in [0.717, 1.165) is 6.07 Å². The Hall–Kier alpha value is -2.10. The molecular formula is C16H16BrF3N4O2. The van der Waals surface area contributed by atoms with Crippen molar-refractivity contribution in [1.29, 1.82) is 0 Å². The second kappa shape index (κ2) is 7.65. The standard InChI is InChI=1S/C16H16BrF3N4O2/c1-25-12-8-22-15(23-9-12)26-11-2-4-24(5-3-11)14-13(16(18,19)20)6-10(17)7-21-14/h6-9,11H,2-5H2,1H3. The van der Waals surface area contributed by atoms with Crippen molar-refractivity contribution in [2.45, 2.75) is 25.1 Å². The summed E-state index contributed by atoms with van der Waals surface area (Å²) in [6.45, 7) is 0.803. The van der Waals surface area contributed by atoms with Crippen molar-refractivity contribution < 1.29 is 22.6 Å². The minimum atomic E-state index is -4.46. The van der Waals surface area contributed by atoms with Crippen LogP contribution in [0.5, 0.6) is 11.8 Å². The Morgan fingerprint density at radius 1 is 1.12 bits per heavy atom. The van der Waals surface area contributed by atoms with Crippen molar-refractivity contribution in [2.75, 3.05) is 25.1 Å². The lowest BCUT2D eigenvalue weighted by Gasteiger charge is -2.33. The fourth-order valence-corrected chi connectivity index (χ4v) is 3.03. The number of halogens is 4. The predicted octanol–water partition coefficient (Wildman–Crippen LogP) is 3.71. The molecule has 0 unspecified atom stereocenters. The highest BCUT2D eigenvalue weighted by Gasteiger charge is 2.37. The fraction of sp³-hybridized carbons (Fsp3) is 0.438. The first kappa shape index (κ1) is 18.7. The van der Waals surface area contributed by atoms with Gasteiger partial charge in [-0.05, 0) is 22.0 Å². The van der Waals surface area contributed by atoms with Gasteiger partial charge in [-0.3, -0.25) is 0 Å². The lowest BCUT2D eigenvalue weighted by Crippen LogP contribution is -2.39. The molecule has 1 saturated heterocycles. The van der Waals surface area contributed by atoms with Crippen LogP contribution in [0.25, 0.3) is 0 Å². The van der Waals surface area contributed by atoms with Crippen molar-refractivity contribution in [3.63, 3.8) is 0 Å². The summed E-state index contributed by atoms with van der Waals surface area (Å²) in [5, 5.41) is 0. The van der Waals surface area contributed by atoms with E-state index in [9.17, 15) is 13.2 Å². The quantitative estimate of drug-likeness (QED) is 0.733. The Morgan fingerprint density at radius 2 is 1.77 bits per heavy atom. The first-order valence-electron chi connectivity index (χ1n) is 7.87. The van der Waals surface area contributed by atoms with Crippen LogP contribution in [0.2, 0.25) is 0 Å². The molecule has 0 spiro atoms. The molecule has 0 amide bonds. The van der Waals surface area contributed by atoms with Crippen LogP contribution in [0.4, 0.5) is 19.0 Å². The molecule has 0 saturated carbocycles. The molecule has 0 bridgehead atoms. The van der Waals surface area contributed by atoms with Crippen LogP contribution in [0.1, 0.15) is 18.4 Å². The lowest BCUT2D eigenvalue weighted by molar-refractivity contribution is -0.137. The normalized spacial score (nSPS) is 15.8. The van der Waals surface area contributed by atoms with E-state index in [0.29, 0.717) is 36.2 Å². The predicted molar refractivity (Wildman–Crippen MR) is 91.4 cm³/mol. The fourth-order valence-electron chi connectivity index (χ4n) is 2.70. The van der Waals surface area contributed by atoms with E-state index in [2.05, 4.69) is 30.9 Å². The maximum atomic E-state index is 13.3. The number of methoxy groups -OCH3 is 1. The maximum absolute atomic E-state index is 13.3. The van der Waals surface area contributed by atoms with E-state index in [1.165, 1.54) is 25.7 Å². The second-order valence-corrected chi connectivity index (χ2v) is 6.65. The third-order valence-electron chi connectivity index (χ3n) is 3.99. The van der Waals surface area contributed by atoms with Gasteiger partial charge in [-0.1, -0.05) is 0 Å². The molecule has 0 aliphatic carbocycles. The smallest absolute Gasteiger partial charge is 0.419 e. The zero-order valence-electron chi connectivity index (χ0n) is 13.8. The zero-order valence-corrected chi connectivity index (χ0v) is 15.4. The van der Waals surface area contributed by atoms with Crippen LogP contribution in [0.15, 0.2) is 29.1 Å². The number of nitrogens with zero attached hydrogens (tertiary/aromatic N) is 4. The molecule has 1 aliphatic heterocycles. The Kier molecular flexibility index (Phi) is 5.49. The van der Waals surface area contributed by atoms with E-state index in [4.69, 9.17) is 9.47 Å². The molecule has 0 atom stereocenters. The van der Waals surface area contributed by atoms with Gasteiger partial charge in [0, 0.05) is 36.6 Å². The van der Waals surface area contributed by atoms with Crippen molar-refractivity contribution in [1.82, 2.24) is 15.0 Å². The number of hydrogen-bond donors (Lipinski definition) is 0. The number of pyridine rings is 1. The lowest BCUT2D eigenvalue weighted by atomic mass is 10.1. The number of ether oxygens (including phenoxy) is 2. The first-order valence-corrected chi connectivity index (χ1v) is 8.66. The minimum Gasteiger partial charge on any atom is -0.494 e. The minimum absolute atomic E-state index is 0.0557. The molecular weight excluding hydrogens is 417 g/mol. The van der Waals surface area contributed by atoms with Crippen molar-refractivity contribution in [3.8, 4) is 11.8 Å². The van der Waals surface area contributed by atoms with E-state index < -0.39 is 11.7 Å². The Bertz CT molecular complexity index is 750. The molecule has 2 aromatic rings. The van der Waals surface area contributed by atoms with Gasteiger partial charge in [-0.2, -0.15) is 23.1 Å². The average Bonchev–Trinajstić information content (AvgIpc) is 2.62. The van der Waals surface area contributed by atoms with Gasteiger partial charge < -0.3 is 14.4 Å². The molecule has 0 N–H and O–H groups in total. The molecule has 6 nitrogen and oxygen atoms in total. The van der Waals surface area contributed by atoms with Crippen LogP contribution in [0.3, 0.4) is 0 Å². The molecule has 140 valence electrons. The summed E-state index contributed by atoms with van der Waals surface area (Å²) in [7, 11) is 1.51. The summed E-state index contributed by atoms with van der Waals surface area (Å²) in [6, 6.07) is 1.28. The largest absolute Gasteiger partial charge is 0.494 e. The van der Waals surface area contributed by atoms with Crippen molar-refractivity contribution >= 4 is 21.7 Å². The topological polar surface area (TPSA) is 60.4 Å². The molecule has 2 aromatic heterocycles. The van der Waals surface area contributed by atoms with Gasteiger partial charge in [0.15, 0.2) is 5.75 Å². The van der Waals surface area contributed by atoms with Gasteiger partial charge in [0.1, 0.15) is 11.9 Å². The molecule has 1 fully saturated rings. The summed E-state index contributed by atoms with van der Waals surface area (Å²) in [4.78, 5) is 13.7. The van der Waals surface area contributed by atoms with Crippen LogP contribution in [-0.2, 0) is 6.18 Å². The van der Waals surface area contributed by atoms with Gasteiger partial charge in [-0.25, -0.2) is 4.98 Å². The summed E-state index contributed by atoms with van der Waals surface area (Å²) >= 11 is 3.05. The highest BCUT2D eigenvalue weighted by molar-refractivity contribution is 9.10. The third kappa shape index (κ3) is 4.35. The van der Waals surface area contributed by atoms with E-state index in [1.54, 1.807) is 4.90 Å². The van der Waals surface area contributed by atoms with Gasteiger partial charge in [0.05, 0.1) is 25.1 Å². The molecule has 1 aliphatic rings. The Labute approximate surface area is 156 Å². The molecule has 0 radical (unpaired) electrons. The number of aromatic nitrogens is 3. The van der Waals surface area contributed by atoms with Gasteiger partial charge in [0.25, 0.3) is 0 Å². The SMILES string of the molecule is COc1cnc(OC2CCN(c3ncc(Br)cc3C(F)(F)F)CC2)nc1. The van der Waals surface area contributed by atoms with Crippen molar-refractivity contribution in [3.05, 3.63) is 34.7 Å². The van der Waals surface area contributed by atoms with E-state index in [1.807, 2.05) is 0 Å². The van der Waals surface area contributed by atoms with Crippen LogP contribution < -0.4 is 14.4 Å². The van der Waals surface area contributed by atoms with Gasteiger partial charge in [-0.15, -0.1) is 0 Å². The Morgan fingerprint density at radius 3 is 2.35 bits per heavy atom. The summed E-state index contributed by atoms with van der Waals surface area (Å²) < 4.78 is 50.8. The number of piperidine rings is 1. The highest BCUT2D eigenvalue weighted by Crippen LogP contribution is 2.37. The highest BCUT2D eigenvalue weighted by atomic mass is 79.9. The second-order valence-electron chi connectivity index (χ2n) is 5.73. The number of hydrogen-bond acceptors (Lipinski definition) is 6. The summed E-state index contributed by atoms with van der Waals surface area (Å²) in [6.07, 6.45) is 0.839. The van der Waals surface area contributed by atoms with E-state index >= 15 is 0 Å². The molecule has 0 aromatic carbocycles. The van der Waals surface area contributed by atoms with Crippen LogP contribution in [0, 0.1) is 0 Å². The van der Waals surface area contributed by atoms with Crippen molar-refractivity contribution in [2.24, 2.45) is 0 Å². The van der Waals surface area contributed by atoms with Gasteiger partial charge >= 0.3 is 12.2 Å². The number of rotatable bonds is 4. The zero-order chi connectivity index (χ0) is 18.7. The Balaban J connectivity index is 1.65. The number of alkyl halides is 3. The average molecular weight is 433 g/mol. The molecule has 26 heavy (non-hydrogen) atoms. The monoisotopic (exact) mass is 432 g/mol. The summed E-state index contributed by atoms with van der Waals surface area (Å²) in [5.41, 5.74) is -0.746. The van der Waals surface area contributed by atoms with Crippen LogP contribution >= 0.6 is 15.9 Å². The third-order valence-corrected chi connectivity index (χ3v) is 4.43. The van der Waals surface area contributed by atoms with Gasteiger partial charge in [0.2, 0.25) is 0 Å². The summed E-state index contributed by atoms with van der Waals surface area (Å²) in [5.74, 6) is 0.466.